The molecule has 2 aromatic rings. The van der Waals surface area contributed by atoms with Crippen LogP contribution in [0, 0.1) is 0 Å². The van der Waals surface area contributed by atoms with Gasteiger partial charge < -0.3 is 20.0 Å². The van der Waals surface area contributed by atoms with Crippen molar-refractivity contribution in [2.45, 2.75) is 26.4 Å². The van der Waals surface area contributed by atoms with E-state index in [0.29, 0.717) is 13.1 Å². The summed E-state index contributed by atoms with van der Waals surface area (Å²) >= 11 is 3.42. The van der Waals surface area contributed by atoms with Gasteiger partial charge in [-0.2, -0.15) is 0 Å². The van der Waals surface area contributed by atoms with Gasteiger partial charge in [0, 0.05) is 16.6 Å². The van der Waals surface area contributed by atoms with E-state index in [2.05, 4.69) is 26.6 Å². The van der Waals surface area contributed by atoms with E-state index in [-0.39, 0.29) is 18.4 Å². The van der Waals surface area contributed by atoms with Crippen molar-refractivity contribution < 1.29 is 18.9 Å². The van der Waals surface area contributed by atoms with E-state index in [0.717, 1.165) is 26.5 Å². The Balaban J connectivity index is 1.86. The van der Waals surface area contributed by atoms with Gasteiger partial charge in [-0.3, -0.25) is 9.59 Å². The minimum Gasteiger partial charge on any atom is -0.455 e. The fraction of sp³-hybridized carbons (Fsp3) is 0.368. The number of halogens is 1. The van der Waals surface area contributed by atoms with Crippen LogP contribution in [-0.2, 0) is 16.1 Å². The molecule has 0 bridgehead atoms. The molecule has 0 fully saturated rings. The Hall–Kier alpha value is -2.12. The molecule has 2 rings (SSSR count). The lowest BCUT2D eigenvalue weighted by Gasteiger charge is -2.16. The summed E-state index contributed by atoms with van der Waals surface area (Å²) in [7, 11) is 1.91. The molecule has 2 atom stereocenters. The second kappa shape index (κ2) is 9.54. The predicted octanol–water partition coefficient (Wildman–Crippen LogP) is 1.36. The molecule has 0 aliphatic carbocycles. The molecule has 2 amide bonds. The first-order chi connectivity index (χ1) is 12.4. The first kappa shape index (κ1) is 20.2. The van der Waals surface area contributed by atoms with Crippen molar-refractivity contribution in [1.82, 2.24) is 10.6 Å². The molecule has 0 spiro atoms. The number of quaternary nitrogens is 1. The molecule has 0 radical (unpaired) electrons. The lowest BCUT2D eigenvalue weighted by Crippen LogP contribution is -3.09. The highest BCUT2D eigenvalue weighted by Gasteiger charge is 2.18. The van der Waals surface area contributed by atoms with Crippen LogP contribution >= 0.6 is 15.9 Å². The van der Waals surface area contributed by atoms with Crippen LogP contribution < -0.4 is 15.5 Å². The van der Waals surface area contributed by atoms with Crippen molar-refractivity contribution >= 4 is 27.7 Å². The third-order valence-electron chi connectivity index (χ3n) is 3.85. The van der Waals surface area contributed by atoms with E-state index in [1.807, 2.05) is 50.4 Å². The van der Waals surface area contributed by atoms with Gasteiger partial charge in [0.05, 0.1) is 7.05 Å². The van der Waals surface area contributed by atoms with Gasteiger partial charge in [-0.15, -0.1) is 0 Å². The minimum atomic E-state index is -0.539. The van der Waals surface area contributed by atoms with E-state index < -0.39 is 6.04 Å². The maximum absolute atomic E-state index is 12.1. The summed E-state index contributed by atoms with van der Waals surface area (Å²) in [6.45, 7) is 4.91. The van der Waals surface area contributed by atoms with E-state index in [9.17, 15) is 9.59 Å². The lowest BCUT2D eigenvalue weighted by molar-refractivity contribution is -0.886. The molecule has 3 N–H and O–H groups in total. The molecule has 1 heterocycles. The summed E-state index contributed by atoms with van der Waals surface area (Å²) < 4.78 is 6.90. The van der Waals surface area contributed by atoms with E-state index in [4.69, 9.17) is 4.42 Å². The smallest absolute Gasteiger partial charge is 0.275 e. The minimum absolute atomic E-state index is 0.166. The fourth-order valence-electron chi connectivity index (χ4n) is 2.56. The van der Waals surface area contributed by atoms with Gasteiger partial charge in [-0.25, -0.2) is 0 Å². The van der Waals surface area contributed by atoms with E-state index >= 15 is 0 Å². The molecule has 140 valence electrons. The van der Waals surface area contributed by atoms with Crippen LogP contribution in [0.2, 0.25) is 0 Å². The number of hydrogen-bond acceptors (Lipinski definition) is 3. The normalized spacial score (nSPS) is 13.1. The van der Waals surface area contributed by atoms with Gasteiger partial charge in [-0.05, 0) is 38.1 Å². The number of benzene rings is 1. The number of amides is 2. The summed E-state index contributed by atoms with van der Waals surface area (Å²) in [5.41, 5.74) is 1.01. The highest BCUT2D eigenvalue weighted by Crippen LogP contribution is 2.23. The Morgan fingerprint density at radius 1 is 1.19 bits per heavy atom. The quantitative estimate of drug-likeness (QED) is 0.601. The number of hydrogen-bond donors (Lipinski definition) is 3. The molecule has 0 aliphatic heterocycles. The Kier molecular flexibility index (Phi) is 7.41. The van der Waals surface area contributed by atoms with Crippen molar-refractivity contribution in [1.29, 1.82) is 0 Å². The summed E-state index contributed by atoms with van der Waals surface area (Å²) in [4.78, 5) is 24.7. The predicted molar refractivity (Wildman–Crippen MR) is 104 cm³/mol. The number of carbonyl (C=O) groups is 2. The molecule has 0 saturated heterocycles. The summed E-state index contributed by atoms with van der Waals surface area (Å²) in [5.74, 6) is 1.27. The number of carbonyl (C=O) groups excluding carboxylic acids is 2. The second-order valence-electron chi connectivity index (χ2n) is 6.27. The van der Waals surface area contributed by atoms with Gasteiger partial charge >= 0.3 is 0 Å². The van der Waals surface area contributed by atoms with Crippen LogP contribution in [0.15, 0.2) is 45.3 Å². The maximum atomic E-state index is 12.1. The molecule has 0 aliphatic rings. The van der Waals surface area contributed by atoms with Crippen molar-refractivity contribution in [3.8, 4) is 11.3 Å². The Bertz CT molecular complexity index is 743. The van der Waals surface area contributed by atoms with Crippen LogP contribution in [0.5, 0.6) is 0 Å². The number of furan rings is 1. The molecule has 1 aromatic heterocycles. The zero-order valence-corrected chi connectivity index (χ0v) is 16.9. The summed E-state index contributed by atoms with van der Waals surface area (Å²) in [6, 6.07) is 11.2. The number of nitrogens with one attached hydrogen (secondary N) is 3. The SMILES string of the molecule is CCNC(=O)[C@H](C)NC(=O)C[NH+](C)Cc1ccc(-c2ccc(Br)cc2)o1. The van der Waals surface area contributed by atoms with Gasteiger partial charge in [0.1, 0.15) is 18.3 Å². The molecule has 0 saturated carbocycles. The summed E-state index contributed by atoms with van der Waals surface area (Å²) in [5, 5.41) is 5.40. The van der Waals surface area contributed by atoms with Crippen LogP contribution in [0.1, 0.15) is 19.6 Å². The third kappa shape index (κ3) is 6.00. The van der Waals surface area contributed by atoms with E-state index in [1.165, 1.54) is 0 Å². The molecular formula is C19H25BrN3O3+. The number of likely N-dealkylation sites (N-methyl/N-ethyl adjacent to an activating group) is 2. The first-order valence-corrected chi connectivity index (χ1v) is 9.41. The van der Waals surface area contributed by atoms with Gasteiger partial charge in [0.2, 0.25) is 5.91 Å². The standard InChI is InChI=1S/C19H24BrN3O3/c1-4-21-19(25)13(2)22-18(24)12-23(3)11-16-9-10-17(26-16)14-5-7-15(20)8-6-14/h5-10,13H,4,11-12H2,1-3H3,(H,21,25)(H,22,24)/p+1/t13-/m0/s1. The van der Waals surface area contributed by atoms with Crippen molar-refractivity contribution in [2.24, 2.45) is 0 Å². The largest absolute Gasteiger partial charge is 0.455 e. The zero-order chi connectivity index (χ0) is 19.1. The van der Waals surface area contributed by atoms with Crippen LogP contribution in [-0.4, -0.2) is 38.0 Å². The van der Waals surface area contributed by atoms with Gasteiger partial charge in [0.15, 0.2) is 12.3 Å². The molecule has 1 aromatic carbocycles. The Morgan fingerprint density at radius 2 is 1.88 bits per heavy atom. The molecule has 6 nitrogen and oxygen atoms in total. The number of rotatable bonds is 8. The third-order valence-corrected chi connectivity index (χ3v) is 4.38. The zero-order valence-electron chi connectivity index (χ0n) is 15.3. The average Bonchev–Trinajstić information content (AvgIpc) is 3.03. The van der Waals surface area contributed by atoms with E-state index in [1.54, 1.807) is 6.92 Å². The topological polar surface area (TPSA) is 75.8 Å². The second-order valence-corrected chi connectivity index (χ2v) is 7.18. The Morgan fingerprint density at radius 3 is 2.54 bits per heavy atom. The molecule has 7 heteroatoms. The van der Waals surface area contributed by atoms with Gasteiger partial charge in [-0.1, -0.05) is 28.1 Å². The molecule has 26 heavy (non-hydrogen) atoms. The maximum Gasteiger partial charge on any atom is 0.275 e. The van der Waals surface area contributed by atoms with Crippen LogP contribution in [0.25, 0.3) is 11.3 Å². The molecule has 1 unspecified atom stereocenters. The van der Waals surface area contributed by atoms with Crippen LogP contribution in [0.3, 0.4) is 0 Å². The lowest BCUT2D eigenvalue weighted by atomic mass is 10.2. The first-order valence-electron chi connectivity index (χ1n) is 8.62. The molecular weight excluding hydrogens is 398 g/mol. The van der Waals surface area contributed by atoms with Gasteiger partial charge in [0.25, 0.3) is 5.91 Å². The Labute approximate surface area is 162 Å². The fourth-order valence-corrected chi connectivity index (χ4v) is 2.83. The van der Waals surface area contributed by atoms with Crippen molar-refractivity contribution in [2.75, 3.05) is 20.1 Å². The highest BCUT2D eigenvalue weighted by atomic mass is 79.9. The summed E-state index contributed by atoms with van der Waals surface area (Å²) in [6.07, 6.45) is 0. The van der Waals surface area contributed by atoms with Crippen molar-refractivity contribution in [3.05, 3.63) is 46.6 Å². The average molecular weight is 423 g/mol. The monoisotopic (exact) mass is 422 g/mol. The van der Waals surface area contributed by atoms with Crippen LogP contribution in [0.4, 0.5) is 0 Å². The van der Waals surface area contributed by atoms with Crippen molar-refractivity contribution in [3.63, 3.8) is 0 Å². The highest BCUT2D eigenvalue weighted by molar-refractivity contribution is 9.10.